The van der Waals surface area contributed by atoms with Crippen molar-refractivity contribution in [3.8, 4) is 5.75 Å². The van der Waals surface area contributed by atoms with Crippen molar-refractivity contribution in [1.82, 2.24) is 9.62 Å². The Balaban J connectivity index is 2.54. The highest BCUT2D eigenvalue weighted by atomic mass is 32.2. The van der Waals surface area contributed by atoms with Crippen LogP contribution in [0.1, 0.15) is 12.8 Å². The van der Waals surface area contributed by atoms with Crippen LogP contribution in [-0.4, -0.2) is 60.7 Å². The summed E-state index contributed by atoms with van der Waals surface area (Å²) in [6.45, 7) is 0.967. The second-order valence-corrected chi connectivity index (χ2v) is 9.43. The van der Waals surface area contributed by atoms with Crippen LogP contribution in [0.5, 0.6) is 5.75 Å². The second kappa shape index (κ2) is 6.76. The standard InChI is InChI=1S/C14H22N2O5S2/c1-15-10-11-5-4-8-16(11)23(19,20)14-9-12(22(3,17)18)6-7-13(14)21-2/h6-7,9,11,15H,4-5,8,10H2,1-3H3. The quantitative estimate of drug-likeness (QED) is 0.791. The summed E-state index contributed by atoms with van der Waals surface area (Å²) in [5, 5.41) is 2.99. The third-order valence-electron chi connectivity index (χ3n) is 3.91. The minimum atomic E-state index is -3.83. The van der Waals surface area contributed by atoms with Gasteiger partial charge in [-0.25, -0.2) is 16.8 Å². The van der Waals surface area contributed by atoms with E-state index in [4.69, 9.17) is 4.74 Å². The van der Waals surface area contributed by atoms with Gasteiger partial charge in [-0.1, -0.05) is 0 Å². The molecule has 0 amide bonds. The molecule has 1 atom stereocenters. The van der Waals surface area contributed by atoms with Crippen molar-refractivity contribution < 1.29 is 21.6 Å². The fraction of sp³-hybridized carbons (Fsp3) is 0.571. The van der Waals surface area contributed by atoms with E-state index in [0.29, 0.717) is 13.1 Å². The second-order valence-electron chi connectivity index (χ2n) is 5.55. The first-order valence-electron chi connectivity index (χ1n) is 7.26. The first-order chi connectivity index (χ1) is 10.7. The van der Waals surface area contributed by atoms with Crippen LogP contribution in [0.25, 0.3) is 0 Å². The topological polar surface area (TPSA) is 92.8 Å². The number of likely N-dealkylation sites (N-methyl/N-ethyl adjacent to an activating group) is 1. The van der Waals surface area contributed by atoms with Gasteiger partial charge in [0.05, 0.1) is 12.0 Å². The van der Waals surface area contributed by atoms with Gasteiger partial charge in [0, 0.05) is 25.4 Å². The highest BCUT2D eigenvalue weighted by Crippen LogP contribution is 2.33. The molecule has 0 aromatic heterocycles. The zero-order chi connectivity index (χ0) is 17.3. The Kier molecular flexibility index (Phi) is 5.34. The van der Waals surface area contributed by atoms with Crippen LogP contribution in [0.15, 0.2) is 28.0 Å². The lowest BCUT2D eigenvalue weighted by atomic mass is 10.2. The minimum Gasteiger partial charge on any atom is -0.495 e. The van der Waals surface area contributed by atoms with E-state index in [1.807, 2.05) is 0 Å². The molecule has 1 saturated heterocycles. The Morgan fingerprint density at radius 2 is 2.00 bits per heavy atom. The van der Waals surface area contributed by atoms with E-state index >= 15 is 0 Å². The average Bonchev–Trinajstić information content (AvgIpc) is 2.95. The summed E-state index contributed by atoms with van der Waals surface area (Å²) in [5.74, 6) is 0.146. The predicted molar refractivity (Wildman–Crippen MR) is 86.9 cm³/mol. The molecular formula is C14H22N2O5S2. The van der Waals surface area contributed by atoms with Gasteiger partial charge in [-0.2, -0.15) is 4.31 Å². The van der Waals surface area contributed by atoms with Crippen molar-refractivity contribution in [3.05, 3.63) is 18.2 Å². The van der Waals surface area contributed by atoms with Gasteiger partial charge in [-0.05, 0) is 38.1 Å². The molecule has 0 radical (unpaired) electrons. The van der Waals surface area contributed by atoms with Gasteiger partial charge in [0.2, 0.25) is 10.0 Å². The molecule has 0 saturated carbocycles. The van der Waals surface area contributed by atoms with Crippen LogP contribution >= 0.6 is 0 Å². The Bertz CT molecular complexity index is 774. The zero-order valence-electron chi connectivity index (χ0n) is 13.4. The van der Waals surface area contributed by atoms with Crippen molar-refractivity contribution in [2.24, 2.45) is 0 Å². The highest BCUT2D eigenvalue weighted by Gasteiger charge is 2.36. The van der Waals surface area contributed by atoms with E-state index in [2.05, 4.69) is 5.32 Å². The molecule has 0 aliphatic carbocycles. The molecule has 1 fully saturated rings. The van der Waals surface area contributed by atoms with Crippen molar-refractivity contribution >= 4 is 19.9 Å². The number of hydrogen-bond donors (Lipinski definition) is 1. The summed E-state index contributed by atoms with van der Waals surface area (Å²) in [6, 6.07) is 3.77. The van der Waals surface area contributed by atoms with Crippen LogP contribution in [-0.2, 0) is 19.9 Å². The van der Waals surface area contributed by atoms with Crippen LogP contribution in [0, 0.1) is 0 Å². The number of methoxy groups -OCH3 is 1. The minimum absolute atomic E-state index is 0.0405. The van der Waals surface area contributed by atoms with Crippen LogP contribution in [0.4, 0.5) is 0 Å². The number of sulfone groups is 1. The van der Waals surface area contributed by atoms with Crippen LogP contribution in [0.3, 0.4) is 0 Å². The maximum atomic E-state index is 13.0. The molecule has 9 heteroatoms. The Morgan fingerprint density at radius 1 is 1.30 bits per heavy atom. The number of nitrogens with one attached hydrogen (secondary N) is 1. The Labute approximate surface area is 137 Å². The number of rotatable bonds is 6. The lowest BCUT2D eigenvalue weighted by molar-refractivity contribution is 0.370. The molecule has 0 bridgehead atoms. The smallest absolute Gasteiger partial charge is 0.247 e. The Morgan fingerprint density at radius 3 is 2.57 bits per heavy atom. The van der Waals surface area contributed by atoms with E-state index in [1.54, 1.807) is 7.05 Å². The highest BCUT2D eigenvalue weighted by molar-refractivity contribution is 7.91. The van der Waals surface area contributed by atoms with Crippen molar-refractivity contribution in [1.29, 1.82) is 0 Å². The summed E-state index contributed by atoms with van der Waals surface area (Å²) in [5.41, 5.74) is 0. The first-order valence-corrected chi connectivity index (χ1v) is 10.6. The third-order valence-corrected chi connectivity index (χ3v) is 7.00. The lowest BCUT2D eigenvalue weighted by Crippen LogP contribution is -2.40. The van der Waals surface area contributed by atoms with Gasteiger partial charge in [0.1, 0.15) is 10.6 Å². The predicted octanol–water partition coefficient (Wildman–Crippen LogP) is 0.471. The van der Waals surface area contributed by atoms with E-state index in [-0.39, 0.29) is 21.6 Å². The molecule has 1 unspecified atom stereocenters. The fourth-order valence-corrected chi connectivity index (χ4v) is 5.38. The molecule has 1 N–H and O–H groups in total. The molecule has 7 nitrogen and oxygen atoms in total. The molecule has 1 aromatic carbocycles. The molecule has 1 aliphatic heterocycles. The summed E-state index contributed by atoms with van der Waals surface area (Å²) >= 11 is 0. The molecule has 23 heavy (non-hydrogen) atoms. The monoisotopic (exact) mass is 362 g/mol. The van der Waals surface area contributed by atoms with Gasteiger partial charge in [-0.3, -0.25) is 0 Å². The van der Waals surface area contributed by atoms with Crippen molar-refractivity contribution in [2.75, 3.05) is 33.5 Å². The fourth-order valence-electron chi connectivity index (χ4n) is 2.78. The largest absolute Gasteiger partial charge is 0.495 e. The first kappa shape index (κ1) is 18.2. The van der Waals surface area contributed by atoms with E-state index in [0.717, 1.165) is 19.1 Å². The van der Waals surface area contributed by atoms with Crippen molar-refractivity contribution in [3.63, 3.8) is 0 Å². The number of hydrogen-bond acceptors (Lipinski definition) is 6. The van der Waals surface area contributed by atoms with Crippen LogP contribution < -0.4 is 10.1 Å². The maximum Gasteiger partial charge on any atom is 0.247 e. The van der Waals surface area contributed by atoms with E-state index in [1.165, 1.54) is 29.6 Å². The van der Waals surface area contributed by atoms with Gasteiger partial charge in [0.15, 0.2) is 9.84 Å². The maximum absolute atomic E-state index is 13.0. The third kappa shape index (κ3) is 3.68. The van der Waals surface area contributed by atoms with Gasteiger partial charge in [0.25, 0.3) is 0 Å². The van der Waals surface area contributed by atoms with Gasteiger partial charge in [-0.15, -0.1) is 0 Å². The Hall–Kier alpha value is -1.16. The molecular weight excluding hydrogens is 340 g/mol. The number of nitrogens with zero attached hydrogens (tertiary/aromatic N) is 1. The van der Waals surface area contributed by atoms with Gasteiger partial charge >= 0.3 is 0 Å². The normalized spacial score (nSPS) is 19.9. The summed E-state index contributed by atoms with van der Waals surface area (Å²) in [6.07, 6.45) is 2.60. The zero-order valence-corrected chi connectivity index (χ0v) is 15.1. The summed E-state index contributed by atoms with van der Waals surface area (Å²) in [4.78, 5) is -0.146. The van der Waals surface area contributed by atoms with Crippen molar-refractivity contribution in [2.45, 2.75) is 28.7 Å². The molecule has 1 aliphatic rings. The van der Waals surface area contributed by atoms with Crippen LogP contribution in [0.2, 0.25) is 0 Å². The molecule has 130 valence electrons. The van der Waals surface area contributed by atoms with E-state index < -0.39 is 19.9 Å². The molecule has 0 spiro atoms. The number of ether oxygens (including phenoxy) is 1. The molecule has 1 heterocycles. The van der Waals surface area contributed by atoms with Gasteiger partial charge < -0.3 is 10.1 Å². The molecule has 1 aromatic rings. The average molecular weight is 362 g/mol. The number of benzene rings is 1. The SMILES string of the molecule is CNCC1CCCN1S(=O)(=O)c1cc(S(C)(=O)=O)ccc1OC. The molecule has 2 rings (SSSR count). The summed E-state index contributed by atoms with van der Waals surface area (Å²) in [7, 11) is -4.20. The summed E-state index contributed by atoms with van der Waals surface area (Å²) < 4.78 is 56.0. The number of sulfonamides is 1. The lowest BCUT2D eigenvalue weighted by Gasteiger charge is -2.25. The van der Waals surface area contributed by atoms with E-state index in [9.17, 15) is 16.8 Å².